The van der Waals surface area contributed by atoms with Gasteiger partial charge in [0.05, 0.1) is 0 Å². The third-order valence-corrected chi connectivity index (χ3v) is 5.64. The number of amides is 1. The third kappa shape index (κ3) is 3.98. The van der Waals surface area contributed by atoms with Crippen molar-refractivity contribution in [3.05, 3.63) is 65.2 Å². The Kier molecular flexibility index (Phi) is 6.29. The van der Waals surface area contributed by atoms with E-state index in [1.54, 1.807) is 6.07 Å². The number of hydrogen-bond donors (Lipinski definition) is 2. The van der Waals surface area contributed by atoms with E-state index in [1.165, 1.54) is 4.90 Å². The number of nitrogens with two attached hydrogens (primary N) is 1. The van der Waals surface area contributed by atoms with Gasteiger partial charge in [0, 0.05) is 17.8 Å². The van der Waals surface area contributed by atoms with Crippen molar-refractivity contribution in [2.45, 2.75) is 45.4 Å². The molecule has 0 aromatic heterocycles. The molecule has 0 fully saturated rings. The number of fused-ring (bicyclic) bond motifs is 1. The van der Waals surface area contributed by atoms with Crippen LogP contribution in [0.2, 0.25) is 0 Å². The number of nitrogens with zero attached hydrogens (tertiary/aromatic N) is 1. The molecule has 1 aliphatic rings. The largest absolute Gasteiger partial charge is 0.479 e. The van der Waals surface area contributed by atoms with Crippen LogP contribution in [0.1, 0.15) is 43.6 Å². The number of ketones is 1. The fourth-order valence-electron chi connectivity index (χ4n) is 3.91. The highest BCUT2D eigenvalue weighted by molar-refractivity contribution is 6.14. The fraction of sp³-hybridized carbons (Fsp3) is 0.375. The summed E-state index contributed by atoms with van der Waals surface area (Å²) in [5.41, 5.74) is 6.60. The van der Waals surface area contributed by atoms with Crippen LogP contribution in [-0.4, -0.2) is 41.0 Å². The van der Waals surface area contributed by atoms with Gasteiger partial charge in [-0.3, -0.25) is 9.59 Å². The van der Waals surface area contributed by atoms with Crippen molar-refractivity contribution in [3.8, 4) is 0 Å². The lowest BCUT2D eigenvalue weighted by Crippen LogP contribution is -2.67. The van der Waals surface area contributed by atoms with E-state index in [9.17, 15) is 19.5 Å². The van der Waals surface area contributed by atoms with Crippen molar-refractivity contribution in [2.75, 3.05) is 11.4 Å². The van der Waals surface area contributed by atoms with Gasteiger partial charge in [-0.15, -0.1) is 0 Å². The van der Waals surface area contributed by atoms with Gasteiger partial charge in [-0.2, -0.15) is 0 Å². The zero-order valence-electron chi connectivity index (χ0n) is 18.2. The molecule has 1 unspecified atom stereocenters. The summed E-state index contributed by atoms with van der Waals surface area (Å²) < 4.78 is 6.20. The predicted octanol–water partition coefficient (Wildman–Crippen LogP) is 2.84. The Morgan fingerprint density at radius 3 is 2.26 bits per heavy atom. The molecule has 164 valence electrons. The van der Waals surface area contributed by atoms with Crippen LogP contribution in [0.15, 0.2) is 48.5 Å². The Hall–Kier alpha value is -3.03. The van der Waals surface area contributed by atoms with Crippen LogP contribution in [0, 0.1) is 12.8 Å². The summed E-state index contributed by atoms with van der Waals surface area (Å²) in [6, 6.07) is 14.8. The molecule has 2 aromatic rings. The molecule has 3 rings (SSSR count). The van der Waals surface area contributed by atoms with E-state index >= 15 is 0 Å². The van der Waals surface area contributed by atoms with Crippen LogP contribution in [0.4, 0.5) is 5.69 Å². The smallest absolute Gasteiger partial charge is 0.334 e. The highest BCUT2D eigenvalue weighted by atomic mass is 16.5. The lowest BCUT2D eigenvalue weighted by molar-refractivity contribution is -0.162. The summed E-state index contributed by atoms with van der Waals surface area (Å²) in [6.07, 6.45) is -2.47. The first-order valence-electron chi connectivity index (χ1n) is 10.2. The highest BCUT2D eigenvalue weighted by Crippen LogP contribution is 2.41. The van der Waals surface area contributed by atoms with Crippen LogP contribution in [0.5, 0.6) is 0 Å². The lowest BCUT2D eigenvalue weighted by Gasteiger charge is -2.33. The number of carboxylic acid groups (broad SMARTS) is 1. The summed E-state index contributed by atoms with van der Waals surface area (Å²) in [4.78, 5) is 39.7. The van der Waals surface area contributed by atoms with Crippen molar-refractivity contribution < 1.29 is 24.2 Å². The third-order valence-electron chi connectivity index (χ3n) is 5.64. The maximum Gasteiger partial charge on any atom is 0.334 e. The Bertz CT molecular complexity index is 1000. The number of rotatable bonds is 6. The Labute approximate surface area is 181 Å². The molecule has 31 heavy (non-hydrogen) atoms. The van der Waals surface area contributed by atoms with Crippen molar-refractivity contribution in [2.24, 2.45) is 11.7 Å². The molecule has 7 heteroatoms. The molecule has 0 saturated heterocycles. The maximum absolute atomic E-state index is 13.7. The van der Waals surface area contributed by atoms with Crippen LogP contribution < -0.4 is 10.6 Å². The van der Waals surface area contributed by atoms with E-state index in [4.69, 9.17) is 10.5 Å². The minimum absolute atomic E-state index is 0.0852. The molecule has 0 aliphatic carbocycles. The molecule has 3 N–H and O–H groups in total. The van der Waals surface area contributed by atoms with Crippen molar-refractivity contribution in [1.29, 1.82) is 0 Å². The second-order valence-electron chi connectivity index (χ2n) is 8.38. The van der Waals surface area contributed by atoms with E-state index in [1.807, 2.05) is 63.2 Å². The molecule has 3 atom stereocenters. The summed E-state index contributed by atoms with van der Waals surface area (Å²) >= 11 is 0. The van der Waals surface area contributed by atoms with Gasteiger partial charge in [-0.05, 0) is 37.0 Å². The molecule has 7 nitrogen and oxygen atoms in total. The Morgan fingerprint density at radius 1 is 1.13 bits per heavy atom. The molecule has 1 aliphatic heterocycles. The minimum atomic E-state index is -2.52. The van der Waals surface area contributed by atoms with Crippen LogP contribution in [0.25, 0.3) is 0 Å². The maximum atomic E-state index is 13.7. The summed E-state index contributed by atoms with van der Waals surface area (Å²) in [5.74, 6) is -3.01. The number of Topliss-reactive ketones (excluding diaryl/α,β-unsaturated/α-hetero) is 1. The zero-order chi connectivity index (χ0) is 22.9. The Balaban J connectivity index is 2.29. The van der Waals surface area contributed by atoms with Crippen LogP contribution in [0.3, 0.4) is 0 Å². The van der Waals surface area contributed by atoms with Gasteiger partial charge in [-0.25, -0.2) is 4.79 Å². The molecule has 0 saturated carbocycles. The number of anilines is 1. The number of carboxylic acids is 1. The Morgan fingerprint density at radius 2 is 1.71 bits per heavy atom. The normalized spacial score (nSPS) is 20.7. The van der Waals surface area contributed by atoms with E-state index in [0.717, 1.165) is 18.1 Å². The van der Waals surface area contributed by atoms with Gasteiger partial charge in [-0.1, -0.05) is 56.3 Å². The zero-order valence-corrected chi connectivity index (χ0v) is 18.2. The fourth-order valence-corrected chi connectivity index (χ4v) is 3.91. The molecule has 0 bridgehead atoms. The van der Waals surface area contributed by atoms with E-state index in [0.29, 0.717) is 17.8 Å². The number of para-hydroxylation sites is 1. The topological polar surface area (TPSA) is 110 Å². The predicted molar refractivity (Wildman–Crippen MR) is 117 cm³/mol. The van der Waals surface area contributed by atoms with E-state index < -0.39 is 35.4 Å². The average molecular weight is 424 g/mol. The van der Waals surface area contributed by atoms with Crippen molar-refractivity contribution in [1.82, 2.24) is 0 Å². The van der Waals surface area contributed by atoms with Gasteiger partial charge in [0.25, 0.3) is 5.91 Å². The molecule has 0 radical (unpaired) electrons. The molecular formula is C24H28N2O5. The first-order chi connectivity index (χ1) is 14.6. The number of aliphatic carboxylic acids is 1. The summed E-state index contributed by atoms with van der Waals surface area (Å²) in [5, 5.41) is 9.86. The van der Waals surface area contributed by atoms with E-state index in [-0.39, 0.29) is 5.92 Å². The lowest BCUT2D eigenvalue weighted by atomic mass is 9.88. The first kappa shape index (κ1) is 22.7. The van der Waals surface area contributed by atoms with Crippen LogP contribution in [-0.2, 0) is 19.1 Å². The highest BCUT2D eigenvalue weighted by Gasteiger charge is 2.55. The number of hydrogen-bond acceptors (Lipinski definition) is 5. The second kappa shape index (κ2) is 8.61. The molecule has 2 aromatic carbocycles. The molecule has 1 heterocycles. The monoisotopic (exact) mass is 424 g/mol. The standard InChI is InChI=1S/C24H28N2O5/c1-14(2)13-26-19-12-8-7-11-18(19)20(17-10-6-5-9-15(17)3)31-21(22(26)28)24(25,16(4)27)23(29)30/h5-12,14,20-21H,13,25H2,1-4H3,(H,29,30)/t20-,21+,24?/m0/s1. The molecule has 1 amide bonds. The average Bonchev–Trinajstić information content (AvgIpc) is 2.83. The van der Waals surface area contributed by atoms with Gasteiger partial charge < -0.3 is 20.5 Å². The number of carbonyl (C=O) groups is 3. The van der Waals surface area contributed by atoms with Gasteiger partial charge in [0.2, 0.25) is 5.54 Å². The number of ether oxygens (including phenoxy) is 1. The summed E-state index contributed by atoms with van der Waals surface area (Å²) in [7, 11) is 0. The second-order valence-corrected chi connectivity index (χ2v) is 8.38. The van der Waals surface area contributed by atoms with Gasteiger partial charge >= 0.3 is 5.97 Å². The van der Waals surface area contributed by atoms with Gasteiger partial charge in [0.1, 0.15) is 6.10 Å². The SMILES string of the molecule is CC(=O)C(N)(C(=O)O)[C@@H]1O[C@@H](c2ccccc2C)c2ccccc2N(CC(C)C)C1=O. The molecule has 0 spiro atoms. The number of benzene rings is 2. The summed E-state index contributed by atoms with van der Waals surface area (Å²) in [6.45, 7) is 7.20. The van der Waals surface area contributed by atoms with Crippen molar-refractivity contribution >= 4 is 23.3 Å². The minimum Gasteiger partial charge on any atom is -0.479 e. The first-order valence-corrected chi connectivity index (χ1v) is 10.2. The van der Waals surface area contributed by atoms with E-state index in [2.05, 4.69) is 0 Å². The van der Waals surface area contributed by atoms with Crippen LogP contribution >= 0.6 is 0 Å². The van der Waals surface area contributed by atoms with Crippen molar-refractivity contribution in [3.63, 3.8) is 0 Å². The quantitative estimate of drug-likeness (QED) is 0.690. The number of aryl methyl sites for hydroxylation is 1. The van der Waals surface area contributed by atoms with Gasteiger partial charge in [0.15, 0.2) is 11.9 Å². The molecular weight excluding hydrogens is 396 g/mol. The number of carbonyl (C=O) groups excluding carboxylic acids is 2.